The number of halogens is 1. The molecule has 1 aromatic carbocycles. The van der Waals surface area contributed by atoms with Crippen LogP contribution in [-0.2, 0) is 0 Å². The highest BCUT2D eigenvalue weighted by molar-refractivity contribution is 7.17. The smallest absolute Gasteiger partial charge is 0.204 e. The second-order valence-corrected chi connectivity index (χ2v) is 6.85. The number of hydrazone groups is 1. The molecular formula is C15H12ClN3S2. The molecule has 3 rings (SSSR count). The van der Waals surface area contributed by atoms with E-state index in [2.05, 4.69) is 33.9 Å². The van der Waals surface area contributed by atoms with Gasteiger partial charge in [-0.15, -0.1) is 22.7 Å². The van der Waals surface area contributed by atoms with Crippen LogP contribution in [0.25, 0.3) is 10.6 Å². The summed E-state index contributed by atoms with van der Waals surface area (Å²) in [5.74, 6) is 0. The normalized spacial score (nSPS) is 11.1. The molecule has 0 aliphatic heterocycles. The molecule has 0 radical (unpaired) electrons. The Kier molecular flexibility index (Phi) is 4.34. The van der Waals surface area contributed by atoms with Crippen LogP contribution in [0.1, 0.15) is 10.4 Å². The lowest BCUT2D eigenvalue weighted by atomic mass is 10.2. The summed E-state index contributed by atoms with van der Waals surface area (Å²) in [6, 6.07) is 11.7. The average molecular weight is 334 g/mol. The number of anilines is 1. The fraction of sp³-hybridized carbons (Fsp3) is 0.0667. The number of aryl methyl sites for hydroxylation is 1. The first-order valence-corrected chi connectivity index (χ1v) is 8.36. The van der Waals surface area contributed by atoms with Crippen molar-refractivity contribution in [1.29, 1.82) is 0 Å². The van der Waals surface area contributed by atoms with E-state index in [-0.39, 0.29) is 0 Å². The monoisotopic (exact) mass is 333 g/mol. The maximum Gasteiger partial charge on any atom is 0.204 e. The molecule has 1 N–H and O–H groups in total. The molecule has 21 heavy (non-hydrogen) atoms. The van der Waals surface area contributed by atoms with Gasteiger partial charge in [-0.1, -0.05) is 35.9 Å². The number of thiophene rings is 1. The van der Waals surface area contributed by atoms with Crippen LogP contribution >= 0.6 is 34.3 Å². The number of hydrogen-bond acceptors (Lipinski definition) is 5. The molecule has 3 nitrogen and oxygen atoms in total. The molecule has 0 saturated heterocycles. The minimum atomic E-state index is 0.678. The number of benzene rings is 1. The van der Waals surface area contributed by atoms with Gasteiger partial charge in [0.05, 0.1) is 16.8 Å². The number of hydrogen-bond donors (Lipinski definition) is 1. The Hall–Kier alpha value is -1.69. The van der Waals surface area contributed by atoms with Gasteiger partial charge in [-0.05, 0) is 24.4 Å². The summed E-state index contributed by atoms with van der Waals surface area (Å²) in [5.41, 5.74) is 4.86. The van der Waals surface area contributed by atoms with Crippen LogP contribution in [0.2, 0.25) is 5.02 Å². The first-order valence-electron chi connectivity index (χ1n) is 6.29. The molecule has 0 unspecified atom stereocenters. The second kappa shape index (κ2) is 6.39. The molecule has 0 bridgehead atoms. The highest BCUT2D eigenvalue weighted by Gasteiger charge is 2.09. The van der Waals surface area contributed by atoms with Crippen LogP contribution in [0, 0.1) is 6.92 Å². The minimum Gasteiger partial charge on any atom is -0.253 e. The van der Waals surface area contributed by atoms with Crippen molar-refractivity contribution in [3.63, 3.8) is 0 Å². The number of nitrogens with zero attached hydrogens (tertiary/aromatic N) is 2. The van der Waals surface area contributed by atoms with E-state index >= 15 is 0 Å². The van der Waals surface area contributed by atoms with Crippen LogP contribution in [-0.4, -0.2) is 11.2 Å². The number of thiazole rings is 1. The predicted octanol–water partition coefficient (Wildman–Crippen LogP) is 5.28. The maximum absolute atomic E-state index is 6.07. The summed E-state index contributed by atoms with van der Waals surface area (Å²) in [5, 5.41) is 7.71. The first kappa shape index (κ1) is 14.3. The van der Waals surface area contributed by atoms with Crippen LogP contribution in [0.4, 0.5) is 5.13 Å². The third-order valence-electron chi connectivity index (χ3n) is 2.82. The van der Waals surface area contributed by atoms with E-state index in [1.165, 1.54) is 9.75 Å². The van der Waals surface area contributed by atoms with E-state index in [0.29, 0.717) is 5.02 Å². The summed E-state index contributed by atoms with van der Waals surface area (Å²) in [6.45, 7) is 2.07. The van der Waals surface area contributed by atoms with Crippen LogP contribution in [0.3, 0.4) is 0 Å². The summed E-state index contributed by atoms with van der Waals surface area (Å²) in [4.78, 5) is 6.92. The molecule has 2 aromatic heterocycles. The zero-order valence-corrected chi connectivity index (χ0v) is 13.6. The Morgan fingerprint density at radius 2 is 2.10 bits per heavy atom. The maximum atomic E-state index is 6.07. The number of nitrogens with one attached hydrogen (secondary N) is 1. The van der Waals surface area contributed by atoms with E-state index in [0.717, 1.165) is 16.4 Å². The first-order chi connectivity index (χ1) is 10.2. The standard InChI is InChI=1S/C15H12ClN3S2/c1-10-14(13-7-4-8-20-13)18-15(21-10)19-17-9-11-5-2-3-6-12(11)16/h2-9H,1H3,(H,18,19)/b17-9-. The van der Waals surface area contributed by atoms with Crippen LogP contribution in [0.5, 0.6) is 0 Å². The molecule has 2 heterocycles. The van der Waals surface area contributed by atoms with Gasteiger partial charge in [0.25, 0.3) is 0 Å². The van der Waals surface area contributed by atoms with Crippen molar-refractivity contribution < 1.29 is 0 Å². The Morgan fingerprint density at radius 3 is 2.86 bits per heavy atom. The van der Waals surface area contributed by atoms with E-state index in [9.17, 15) is 0 Å². The zero-order valence-electron chi connectivity index (χ0n) is 11.2. The van der Waals surface area contributed by atoms with E-state index in [1.807, 2.05) is 30.3 Å². The van der Waals surface area contributed by atoms with Gasteiger partial charge in [0.2, 0.25) is 5.13 Å². The third-order valence-corrected chi connectivity index (χ3v) is 4.92. The van der Waals surface area contributed by atoms with Gasteiger partial charge in [-0.25, -0.2) is 4.98 Å². The largest absolute Gasteiger partial charge is 0.253 e. The lowest BCUT2D eigenvalue weighted by Crippen LogP contribution is -1.90. The summed E-state index contributed by atoms with van der Waals surface area (Å²) in [7, 11) is 0. The molecule has 0 fully saturated rings. The fourth-order valence-corrected chi connectivity index (χ4v) is 3.62. The Morgan fingerprint density at radius 1 is 1.24 bits per heavy atom. The van der Waals surface area contributed by atoms with Crippen molar-refractivity contribution in [2.75, 3.05) is 5.43 Å². The van der Waals surface area contributed by atoms with Gasteiger partial charge in [-0.3, -0.25) is 5.43 Å². The van der Waals surface area contributed by atoms with Crippen molar-refractivity contribution in [2.24, 2.45) is 5.10 Å². The van der Waals surface area contributed by atoms with E-state index in [1.54, 1.807) is 28.9 Å². The lowest BCUT2D eigenvalue weighted by Gasteiger charge is -1.96. The molecule has 0 saturated carbocycles. The van der Waals surface area contributed by atoms with Crippen molar-refractivity contribution in [1.82, 2.24) is 4.98 Å². The summed E-state index contributed by atoms with van der Waals surface area (Å²) in [6.07, 6.45) is 1.70. The average Bonchev–Trinajstić information content (AvgIpc) is 3.10. The molecule has 0 amide bonds. The molecule has 6 heteroatoms. The zero-order chi connectivity index (χ0) is 14.7. The predicted molar refractivity (Wildman–Crippen MR) is 92.8 cm³/mol. The van der Waals surface area contributed by atoms with Gasteiger partial charge < -0.3 is 0 Å². The number of rotatable bonds is 4. The van der Waals surface area contributed by atoms with Gasteiger partial charge in [-0.2, -0.15) is 5.10 Å². The highest BCUT2D eigenvalue weighted by Crippen LogP contribution is 2.32. The molecule has 106 valence electrons. The molecule has 0 spiro atoms. The fourth-order valence-electron chi connectivity index (χ4n) is 1.82. The topological polar surface area (TPSA) is 37.3 Å². The SMILES string of the molecule is Cc1sc(N/N=C\c2ccccc2Cl)nc1-c1cccs1. The molecule has 3 aromatic rings. The number of aromatic nitrogens is 1. The molecule has 0 aliphatic rings. The van der Waals surface area contributed by atoms with Gasteiger partial charge in [0.1, 0.15) is 0 Å². The van der Waals surface area contributed by atoms with Gasteiger partial charge in [0, 0.05) is 15.5 Å². The van der Waals surface area contributed by atoms with Crippen LogP contribution < -0.4 is 5.43 Å². The van der Waals surface area contributed by atoms with Gasteiger partial charge >= 0.3 is 0 Å². The lowest BCUT2D eigenvalue weighted by molar-refractivity contribution is 1.29. The highest BCUT2D eigenvalue weighted by atomic mass is 35.5. The Labute approximate surface area is 135 Å². The van der Waals surface area contributed by atoms with Crippen molar-refractivity contribution in [2.45, 2.75) is 6.92 Å². The van der Waals surface area contributed by atoms with Crippen molar-refractivity contribution >= 4 is 45.6 Å². The van der Waals surface area contributed by atoms with Gasteiger partial charge in [0.15, 0.2) is 0 Å². The second-order valence-electron chi connectivity index (χ2n) is 4.29. The minimum absolute atomic E-state index is 0.678. The summed E-state index contributed by atoms with van der Waals surface area (Å²) < 4.78 is 0. The van der Waals surface area contributed by atoms with E-state index in [4.69, 9.17) is 11.6 Å². The van der Waals surface area contributed by atoms with Crippen LogP contribution in [0.15, 0.2) is 46.9 Å². The Balaban J connectivity index is 1.75. The van der Waals surface area contributed by atoms with Crippen molar-refractivity contribution in [3.8, 4) is 10.6 Å². The quantitative estimate of drug-likeness (QED) is 0.521. The molecule has 0 aliphatic carbocycles. The summed E-state index contributed by atoms with van der Waals surface area (Å²) >= 11 is 9.35. The van der Waals surface area contributed by atoms with E-state index < -0.39 is 0 Å². The molecule has 0 atom stereocenters. The molecular weight excluding hydrogens is 322 g/mol. The van der Waals surface area contributed by atoms with Crippen molar-refractivity contribution in [3.05, 3.63) is 57.2 Å². The Bertz CT molecular complexity index is 763. The third kappa shape index (κ3) is 3.32.